The van der Waals surface area contributed by atoms with Crippen LogP contribution < -0.4 is 4.74 Å². The predicted molar refractivity (Wildman–Crippen MR) is 67.1 cm³/mol. The second-order valence-electron chi connectivity index (χ2n) is 4.29. The van der Waals surface area contributed by atoms with Crippen LogP contribution >= 0.6 is 0 Å². The van der Waals surface area contributed by atoms with Gasteiger partial charge in [0, 0.05) is 12.7 Å². The molecule has 18 heavy (non-hydrogen) atoms. The van der Waals surface area contributed by atoms with Gasteiger partial charge >= 0.3 is 0 Å². The summed E-state index contributed by atoms with van der Waals surface area (Å²) < 4.78 is 7.74. The SMILES string of the molecule is N#Cc1cccc2c1-c1ccnn1CCCCO2. The van der Waals surface area contributed by atoms with Gasteiger partial charge in [0.1, 0.15) is 5.75 Å². The van der Waals surface area contributed by atoms with Crippen molar-refractivity contribution >= 4 is 0 Å². The standard InChI is InChI=1S/C14H13N3O/c15-10-11-4-3-5-13-14(11)12-6-7-16-17(12)8-1-2-9-18-13/h3-7H,1-2,8-9H2. The molecule has 2 heterocycles. The summed E-state index contributed by atoms with van der Waals surface area (Å²) in [6.45, 7) is 1.55. The van der Waals surface area contributed by atoms with Crippen LogP contribution in [0, 0.1) is 11.3 Å². The van der Waals surface area contributed by atoms with Crippen molar-refractivity contribution in [3.63, 3.8) is 0 Å². The molecular weight excluding hydrogens is 226 g/mol. The van der Waals surface area contributed by atoms with E-state index in [0.29, 0.717) is 12.2 Å². The molecule has 0 amide bonds. The molecule has 4 nitrogen and oxygen atoms in total. The van der Waals surface area contributed by atoms with Crippen LogP contribution in [0.2, 0.25) is 0 Å². The van der Waals surface area contributed by atoms with Crippen molar-refractivity contribution in [2.45, 2.75) is 19.4 Å². The van der Waals surface area contributed by atoms with Crippen LogP contribution in [0.25, 0.3) is 11.3 Å². The third-order valence-electron chi connectivity index (χ3n) is 3.14. The van der Waals surface area contributed by atoms with Crippen molar-refractivity contribution in [3.05, 3.63) is 36.0 Å². The normalized spacial score (nSPS) is 14.2. The molecule has 2 aromatic rings. The fraction of sp³-hybridized carbons (Fsp3) is 0.286. The number of nitriles is 1. The molecule has 1 aromatic carbocycles. The Morgan fingerprint density at radius 2 is 2.22 bits per heavy atom. The number of nitrogens with zero attached hydrogens (tertiary/aromatic N) is 3. The van der Waals surface area contributed by atoms with E-state index in [1.165, 1.54) is 0 Å². The van der Waals surface area contributed by atoms with Crippen molar-refractivity contribution in [3.8, 4) is 23.1 Å². The molecule has 0 saturated carbocycles. The maximum Gasteiger partial charge on any atom is 0.130 e. The topological polar surface area (TPSA) is 50.8 Å². The monoisotopic (exact) mass is 239 g/mol. The van der Waals surface area contributed by atoms with E-state index in [4.69, 9.17) is 4.74 Å². The van der Waals surface area contributed by atoms with Crippen LogP contribution in [-0.2, 0) is 6.54 Å². The second-order valence-corrected chi connectivity index (χ2v) is 4.29. The summed E-state index contributed by atoms with van der Waals surface area (Å²) >= 11 is 0. The summed E-state index contributed by atoms with van der Waals surface area (Å²) in [5.74, 6) is 0.776. The molecule has 0 unspecified atom stereocenters. The Kier molecular flexibility index (Phi) is 2.73. The summed E-state index contributed by atoms with van der Waals surface area (Å²) in [7, 11) is 0. The van der Waals surface area contributed by atoms with Crippen LogP contribution in [0.5, 0.6) is 5.75 Å². The summed E-state index contributed by atoms with van der Waals surface area (Å²) in [6.07, 6.45) is 3.80. The van der Waals surface area contributed by atoms with Crippen molar-refractivity contribution < 1.29 is 4.74 Å². The summed E-state index contributed by atoms with van der Waals surface area (Å²) in [4.78, 5) is 0. The lowest BCUT2D eigenvalue weighted by Crippen LogP contribution is -2.02. The molecule has 1 aliphatic rings. The largest absolute Gasteiger partial charge is 0.493 e. The van der Waals surface area contributed by atoms with Gasteiger partial charge in [-0.05, 0) is 31.0 Å². The molecule has 0 bridgehead atoms. The first-order chi connectivity index (χ1) is 8.90. The number of rotatable bonds is 0. The maximum atomic E-state index is 9.25. The first kappa shape index (κ1) is 10.8. The number of aryl methyl sites for hydroxylation is 1. The van der Waals surface area contributed by atoms with Crippen molar-refractivity contribution in [1.29, 1.82) is 5.26 Å². The van der Waals surface area contributed by atoms with Gasteiger partial charge in [0.2, 0.25) is 0 Å². The summed E-state index contributed by atoms with van der Waals surface area (Å²) in [6, 6.07) is 9.76. The van der Waals surface area contributed by atoms with Gasteiger partial charge in [-0.1, -0.05) is 6.07 Å². The lowest BCUT2D eigenvalue weighted by atomic mass is 10.0. The highest BCUT2D eigenvalue weighted by Crippen LogP contribution is 2.34. The van der Waals surface area contributed by atoms with Gasteiger partial charge in [-0.25, -0.2) is 0 Å². The van der Waals surface area contributed by atoms with E-state index >= 15 is 0 Å². The Morgan fingerprint density at radius 1 is 1.28 bits per heavy atom. The number of aromatic nitrogens is 2. The number of hydrogen-bond acceptors (Lipinski definition) is 3. The Morgan fingerprint density at radius 3 is 3.11 bits per heavy atom. The van der Waals surface area contributed by atoms with Gasteiger partial charge in [-0.2, -0.15) is 10.4 Å². The zero-order chi connectivity index (χ0) is 12.4. The molecule has 90 valence electrons. The van der Waals surface area contributed by atoms with Gasteiger partial charge < -0.3 is 4.74 Å². The highest BCUT2D eigenvalue weighted by atomic mass is 16.5. The fourth-order valence-corrected chi connectivity index (χ4v) is 2.28. The van der Waals surface area contributed by atoms with E-state index in [-0.39, 0.29) is 0 Å². The third kappa shape index (κ3) is 1.74. The predicted octanol–water partition coefficient (Wildman–Crippen LogP) is 2.59. The molecule has 1 aliphatic heterocycles. The minimum atomic E-state index is 0.635. The molecule has 4 heteroatoms. The quantitative estimate of drug-likeness (QED) is 0.710. The molecule has 0 radical (unpaired) electrons. The second kappa shape index (κ2) is 4.53. The van der Waals surface area contributed by atoms with E-state index in [2.05, 4.69) is 11.2 Å². The van der Waals surface area contributed by atoms with E-state index in [1.54, 1.807) is 6.20 Å². The first-order valence-corrected chi connectivity index (χ1v) is 6.08. The first-order valence-electron chi connectivity index (χ1n) is 6.08. The number of benzene rings is 1. The lowest BCUT2D eigenvalue weighted by molar-refractivity contribution is 0.306. The van der Waals surface area contributed by atoms with Crippen LogP contribution in [-0.4, -0.2) is 16.4 Å². The van der Waals surface area contributed by atoms with Gasteiger partial charge in [-0.3, -0.25) is 4.68 Å². The third-order valence-corrected chi connectivity index (χ3v) is 3.14. The smallest absolute Gasteiger partial charge is 0.130 e. The van der Waals surface area contributed by atoms with Gasteiger partial charge in [-0.15, -0.1) is 0 Å². The van der Waals surface area contributed by atoms with Crippen molar-refractivity contribution in [2.75, 3.05) is 6.61 Å². The fourth-order valence-electron chi connectivity index (χ4n) is 2.28. The minimum absolute atomic E-state index is 0.635. The summed E-state index contributed by atoms with van der Waals surface area (Å²) in [5.41, 5.74) is 2.46. The number of fused-ring (bicyclic) bond motifs is 3. The van der Waals surface area contributed by atoms with Crippen molar-refractivity contribution in [1.82, 2.24) is 9.78 Å². The zero-order valence-electron chi connectivity index (χ0n) is 9.97. The van der Waals surface area contributed by atoms with Crippen LogP contribution in [0.4, 0.5) is 0 Å². The minimum Gasteiger partial charge on any atom is -0.493 e. The molecule has 0 N–H and O–H groups in total. The molecule has 0 spiro atoms. The van der Waals surface area contributed by atoms with Crippen LogP contribution in [0.15, 0.2) is 30.5 Å². The average molecular weight is 239 g/mol. The van der Waals surface area contributed by atoms with Gasteiger partial charge in [0.05, 0.1) is 29.5 Å². The number of hydrogen-bond donors (Lipinski definition) is 0. The zero-order valence-corrected chi connectivity index (χ0v) is 9.97. The Bertz CT molecular complexity index is 610. The molecule has 0 fully saturated rings. The molecule has 3 rings (SSSR count). The Balaban J connectivity index is 2.25. The highest BCUT2D eigenvalue weighted by Gasteiger charge is 2.17. The van der Waals surface area contributed by atoms with E-state index in [1.807, 2.05) is 28.9 Å². The van der Waals surface area contributed by atoms with E-state index < -0.39 is 0 Å². The molecule has 0 atom stereocenters. The lowest BCUT2D eigenvalue weighted by Gasteiger charge is -2.11. The van der Waals surface area contributed by atoms with Crippen LogP contribution in [0.1, 0.15) is 18.4 Å². The maximum absolute atomic E-state index is 9.25. The van der Waals surface area contributed by atoms with Gasteiger partial charge in [0.15, 0.2) is 0 Å². The Labute approximate surface area is 105 Å². The molecule has 1 aromatic heterocycles. The van der Waals surface area contributed by atoms with E-state index in [0.717, 1.165) is 36.4 Å². The van der Waals surface area contributed by atoms with E-state index in [9.17, 15) is 5.26 Å². The van der Waals surface area contributed by atoms with Gasteiger partial charge in [0.25, 0.3) is 0 Å². The highest BCUT2D eigenvalue weighted by molar-refractivity contribution is 5.74. The average Bonchev–Trinajstić information content (AvgIpc) is 2.86. The number of ether oxygens (including phenoxy) is 1. The van der Waals surface area contributed by atoms with Crippen LogP contribution in [0.3, 0.4) is 0 Å². The molecule has 0 saturated heterocycles. The molecular formula is C14H13N3O. The van der Waals surface area contributed by atoms with Crippen molar-refractivity contribution in [2.24, 2.45) is 0 Å². The summed E-state index contributed by atoms with van der Waals surface area (Å²) in [5, 5.41) is 13.6. The Hall–Kier alpha value is -2.28. The molecule has 0 aliphatic carbocycles.